The number of halogens is 3. The monoisotopic (exact) mass is 252 g/mol. The first-order valence-electron chi connectivity index (χ1n) is 5.97. The quantitative estimate of drug-likeness (QED) is 0.736. The lowest BCUT2D eigenvalue weighted by atomic mass is 9.98. The first-order chi connectivity index (χ1) is 7.83. The van der Waals surface area contributed by atoms with Gasteiger partial charge in [-0.25, -0.2) is 0 Å². The first kappa shape index (κ1) is 14.3. The van der Waals surface area contributed by atoms with Gasteiger partial charge in [0, 0.05) is 13.0 Å². The van der Waals surface area contributed by atoms with Gasteiger partial charge in [-0.05, 0) is 25.7 Å². The van der Waals surface area contributed by atoms with Gasteiger partial charge in [-0.2, -0.15) is 13.2 Å². The number of nitrogens with one attached hydrogen (secondary N) is 1. The third kappa shape index (κ3) is 4.93. The minimum absolute atomic E-state index is 0.0430. The van der Waals surface area contributed by atoms with Crippen LogP contribution in [0.25, 0.3) is 0 Å². The number of hydrogen-bond acceptors (Lipinski definition) is 2. The van der Waals surface area contributed by atoms with Crippen LogP contribution in [0.15, 0.2) is 0 Å². The maximum Gasteiger partial charge on any atom is 0.389 e. The van der Waals surface area contributed by atoms with Crippen LogP contribution in [0.3, 0.4) is 0 Å². The molecule has 17 heavy (non-hydrogen) atoms. The Bertz CT molecular complexity index is 260. The summed E-state index contributed by atoms with van der Waals surface area (Å²) < 4.78 is 35.5. The average Bonchev–Trinajstić information content (AvgIpc) is 2.64. The molecule has 3 N–H and O–H groups in total. The Morgan fingerprint density at radius 2 is 1.82 bits per heavy atom. The highest BCUT2D eigenvalue weighted by Gasteiger charge is 2.36. The summed E-state index contributed by atoms with van der Waals surface area (Å²) in [6, 6.07) is 0. The standard InChI is InChI=1S/C11H19F3N2O/c12-11(13,14)7-3-4-8-16-9(17)10(15)5-1-2-6-10/h1-8,15H2,(H,16,17). The van der Waals surface area contributed by atoms with E-state index in [-0.39, 0.29) is 18.9 Å². The predicted molar refractivity (Wildman–Crippen MR) is 58.3 cm³/mol. The second-order valence-electron chi connectivity index (χ2n) is 4.69. The molecule has 0 aliphatic heterocycles. The molecule has 1 amide bonds. The summed E-state index contributed by atoms with van der Waals surface area (Å²) in [6.45, 7) is 0.272. The van der Waals surface area contributed by atoms with Gasteiger partial charge < -0.3 is 11.1 Å². The third-order valence-electron chi connectivity index (χ3n) is 3.12. The fourth-order valence-electron chi connectivity index (χ4n) is 2.06. The fourth-order valence-corrected chi connectivity index (χ4v) is 2.06. The number of hydrogen-bond donors (Lipinski definition) is 2. The lowest BCUT2D eigenvalue weighted by Gasteiger charge is -2.22. The number of amides is 1. The van der Waals surface area contributed by atoms with Crippen molar-refractivity contribution in [2.45, 2.75) is 56.7 Å². The molecule has 0 aromatic rings. The maximum absolute atomic E-state index is 11.8. The second-order valence-corrected chi connectivity index (χ2v) is 4.69. The molecule has 0 spiro atoms. The van der Waals surface area contributed by atoms with Crippen LogP contribution in [0, 0.1) is 0 Å². The zero-order chi connectivity index (χ0) is 12.9. The summed E-state index contributed by atoms with van der Waals surface area (Å²) in [5.41, 5.74) is 5.11. The van der Waals surface area contributed by atoms with Gasteiger partial charge in [-0.3, -0.25) is 4.79 Å². The van der Waals surface area contributed by atoms with E-state index >= 15 is 0 Å². The third-order valence-corrected chi connectivity index (χ3v) is 3.12. The van der Waals surface area contributed by atoms with Crippen molar-refractivity contribution in [3.63, 3.8) is 0 Å². The topological polar surface area (TPSA) is 55.1 Å². The molecule has 0 saturated heterocycles. The van der Waals surface area contributed by atoms with Crippen LogP contribution in [0.2, 0.25) is 0 Å². The molecule has 1 fully saturated rings. The second kappa shape index (κ2) is 5.71. The Morgan fingerprint density at radius 3 is 2.35 bits per heavy atom. The van der Waals surface area contributed by atoms with Gasteiger partial charge in [-0.1, -0.05) is 12.8 Å². The number of rotatable bonds is 5. The van der Waals surface area contributed by atoms with E-state index in [0.717, 1.165) is 12.8 Å². The van der Waals surface area contributed by atoms with Crippen LogP contribution in [-0.2, 0) is 4.79 Å². The van der Waals surface area contributed by atoms with Crippen molar-refractivity contribution in [1.82, 2.24) is 5.32 Å². The molecule has 0 atom stereocenters. The SMILES string of the molecule is NC1(C(=O)NCCCCC(F)(F)F)CCCC1. The minimum atomic E-state index is -4.11. The van der Waals surface area contributed by atoms with E-state index in [2.05, 4.69) is 5.32 Å². The van der Waals surface area contributed by atoms with Crippen LogP contribution in [0.1, 0.15) is 44.9 Å². The summed E-state index contributed by atoms with van der Waals surface area (Å²) >= 11 is 0. The van der Waals surface area contributed by atoms with Crippen LogP contribution < -0.4 is 11.1 Å². The highest BCUT2D eigenvalue weighted by atomic mass is 19.4. The van der Waals surface area contributed by atoms with E-state index < -0.39 is 18.1 Å². The highest BCUT2D eigenvalue weighted by molar-refractivity contribution is 5.86. The molecule has 0 aromatic heterocycles. The smallest absolute Gasteiger partial charge is 0.355 e. The number of alkyl halides is 3. The summed E-state index contributed by atoms with van der Waals surface area (Å²) in [5, 5.41) is 2.62. The van der Waals surface area contributed by atoms with Crippen molar-refractivity contribution in [1.29, 1.82) is 0 Å². The van der Waals surface area contributed by atoms with Gasteiger partial charge in [0.05, 0.1) is 5.54 Å². The van der Waals surface area contributed by atoms with Crippen LogP contribution in [0.5, 0.6) is 0 Å². The Hall–Kier alpha value is -0.780. The zero-order valence-corrected chi connectivity index (χ0v) is 9.78. The summed E-state index contributed by atoms with van der Waals surface area (Å²) in [6.07, 6.45) is -1.30. The number of unbranched alkanes of at least 4 members (excludes halogenated alkanes) is 1. The van der Waals surface area contributed by atoms with Gasteiger partial charge in [-0.15, -0.1) is 0 Å². The van der Waals surface area contributed by atoms with E-state index in [1.165, 1.54) is 0 Å². The van der Waals surface area contributed by atoms with Crippen molar-refractivity contribution in [3.05, 3.63) is 0 Å². The fraction of sp³-hybridized carbons (Fsp3) is 0.909. The van der Waals surface area contributed by atoms with E-state index in [4.69, 9.17) is 5.73 Å². The van der Waals surface area contributed by atoms with E-state index in [1.807, 2.05) is 0 Å². The van der Waals surface area contributed by atoms with Gasteiger partial charge in [0.1, 0.15) is 0 Å². The molecule has 6 heteroatoms. The van der Waals surface area contributed by atoms with Gasteiger partial charge in [0.2, 0.25) is 5.91 Å². The molecular formula is C11H19F3N2O. The van der Waals surface area contributed by atoms with Crippen molar-refractivity contribution >= 4 is 5.91 Å². The Morgan fingerprint density at radius 1 is 1.24 bits per heavy atom. The Kier molecular flexibility index (Phi) is 4.80. The van der Waals surface area contributed by atoms with Crippen molar-refractivity contribution < 1.29 is 18.0 Å². The molecule has 1 aliphatic rings. The van der Waals surface area contributed by atoms with Gasteiger partial charge in [0.25, 0.3) is 0 Å². The Labute approximate surface area is 98.9 Å². The van der Waals surface area contributed by atoms with Gasteiger partial charge in [0.15, 0.2) is 0 Å². The molecule has 0 heterocycles. The van der Waals surface area contributed by atoms with Crippen molar-refractivity contribution in [3.8, 4) is 0 Å². The molecule has 0 radical (unpaired) electrons. The van der Waals surface area contributed by atoms with E-state index in [9.17, 15) is 18.0 Å². The first-order valence-corrected chi connectivity index (χ1v) is 5.97. The molecule has 0 unspecified atom stereocenters. The molecule has 0 aromatic carbocycles. The molecule has 0 bridgehead atoms. The lowest BCUT2D eigenvalue weighted by Crippen LogP contribution is -2.52. The van der Waals surface area contributed by atoms with Crippen molar-refractivity contribution in [2.24, 2.45) is 5.73 Å². The molecule has 1 saturated carbocycles. The predicted octanol–water partition coefficient (Wildman–Crippen LogP) is 2.11. The lowest BCUT2D eigenvalue weighted by molar-refractivity contribution is -0.135. The molecule has 3 nitrogen and oxygen atoms in total. The van der Waals surface area contributed by atoms with E-state index in [0.29, 0.717) is 19.3 Å². The summed E-state index contributed by atoms with van der Waals surface area (Å²) in [4.78, 5) is 11.7. The number of nitrogens with two attached hydrogens (primary N) is 1. The van der Waals surface area contributed by atoms with Gasteiger partial charge >= 0.3 is 6.18 Å². The van der Waals surface area contributed by atoms with Crippen molar-refractivity contribution in [2.75, 3.05) is 6.54 Å². The molecule has 100 valence electrons. The molecular weight excluding hydrogens is 233 g/mol. The maximum atomic E-state index is 11.8. The van der Waals surface area contributed by atoms with Crippen LogP contribution in [-0.4, -0.2) is 24.2 Å². The molecule has 1 aliphatic carbocycles. The molecule has 1 rings (SSSR count). The number of carbonyl (C=O) groups excluding carboxylic acids is 1. The van der Waals surface area contributed by atoms with Crippen LogP contribution >= 0.6 is 0 Å². The highest BCUT2D eigenvalue weighted by Crippen LogP contribution is 2.27. The van der Waals surface area contributed by atoms with E-state index in [1.54, 1.807) is 0 Å². The summed E-state index contributed by atoms with van der Waals surface area (Å²) in [7, 11) is 0. The minimum Gasteiger partial charge on any atom is -0.355 e. The normalized spacial score (nSPS) is 19.3. The zero-order valence-electron chi connectivity index (χ0n) is 9.78. The number of carbonyl (C=O) groups is 1. The van der Waals surface area contributed by atoms with Crippen LogP contribution in [0.4, 0.5) is 13.2 Å². The Balaban J connectivity index is 2.12. The average molecular weight is 252 g/mol. The summed E-state index contributed by atoms with van der Waals surface area (Å²) in [5.74, 6) is -0.220. The largest absolute Gasteiger partial charge is 0.389 e.